The van der Waals surface area contributed by atoms with Crippen LogP contribution in [0.3, 0.4) is 0 Å². The third kappa shape index (κ3) is 4.04. The average molecular weight is 275 g/mol. The molecule has 0 radical (unpaired) electrons. The summed E-state index contributed by atoms with van der Waals surface area (Å²) in [5.74, 6) is 0.210. The molecule has 1 saturated carbocycles. The molecule has 1 aliphatic rings. The van der Waals surface area contributed by atoms with E-state index in [1.807, 2.05) is 30.1 Å². The molecule has 1 aliphatic carbocycles. The zero-order valence-corrected chi connectivity index (χ0v) is 12.3. The van der Waals surface area contributed by atoms with Crippen molar-refractivity contribution in [2.75, 3.05) is 13.6 Å². The molecule has 1 fully saturated rings. The standard InChI is InChI=1S/C16H25N3O/c1-19(12-10-13-7-5-6-11-18-13)16(20)14-8-3-2-4-9-15(14)17/h5-7,11,14-15H,2-4,8-10,12,17H2,1H3. The number of carbonyl (C=O) groups is 1. The summed E-state index contributed by atoms with van der Waals surface area (Å²) in [5, 5.41) is 0. The maximum atomic E-state index is 12.5. The Balaban J connectivity index is 1.87. The summed E-state index contributed by atoms with van der Waals surface area (Å²) < 4.78 is 0. The summed E-state index contributed by atoms with van der Waals surface area (Å²) in [6, 6.07) is 5.91. The molecule has 2 N–H and O–H groups in total. The van der Waals surface area contributed by atoms with Crippen molar-refractivity contribution in [3.05, 3.63) is 30.1 Å². The number of likely N-dealkylation sites (N-methyl/N-ethyl adjacent to an activating group) is 1. The number of rotatable bonds is 4. The molecule has 4 nitrogen and oxygen atoms in total. The minimum atomic E-state index is 0.00577. The summed E-state index contributed by atoms with van der Waals surface area (Å²) in [6.07, 6.45) is 7.98. The second-order valence-electron chi connectivity index (χ2n) is 5.74. The van der Waals surface area contributed by atoms with Gasteiger partial charge in [-0.2, -0.15) is 0 Å². The molecular formula is C16H25N3O. The second-order valence-corrected chi connectivity index (χ2v) is 5.74. The normalized spacial score (nSPS) is 23.1. The van der Waals surface area contributed by atoms with E-state index in [4.69, 9.17) is 5.73 Å². The van der Waals surface area contributed by atoms with Crippen molar-refractivity contribution >= 4 is 5.91 Å². The van der Waals surface area contributed by atoms with Crippen LogP contribution in [0.2, 0.25) is 0 Å². The largest absolute Gasteiger partial charge is 0.345 e. The van der Waals surface area contributed by atoms with Crippen molar-refractivity contribution in [1.82, 2.24) is 9.88 Å². The number of aromatic nitrogens is 1. The molecule has 4 heteroatoms. The van der Waals surface area contributed by atoms with Gasteiger partial charge in [-0.3, -0.25) is 9.78 Å². The first-order valence-corrected chi connectivity index (χ1v) is 7.59. The van der Waals surface area contributed by atoms with E-state index in [2.05, 4.69) is 4.98 Å². The molecule has 0 aliphatic heterocycles. The van der Waals surface area contributed by atoms with Crippen LogP contribution in [0.15, 0.2) is 24.4 Å². The number of carbonyl (C=O) groups excluding carboxylic acids is 1. The fraction of sp³-hybridized carbons (Fsp3) is 0.625. The van der Waals surface area contributed by atoms with Crippen LogP contribution in [0.4, 0.5) is 0 Å². The topological polar surface area (TPSA) is 59.2 Å². The van der Waals surface area contributed by atoms with E-state index >= 15 is 0 Å². The zero-order valence-electron chi connectivity index (χ0n) is 12.3. The van der Waals surface area contributed by atoms with Crippen LogP contribution in [-0.4, -0.2) is 35.4 Å². The van der Waals surface area contributed by atoms with Crippen LogP contribution in [0.5, 0.6) is 0 Å². The Kier molecular flexibility index (Phi) is 5.53. The van der Waals surface area contributed by atoms with Crippen LogP contribution in [0, 0.1) is 5.92 Å². The molecular weight excluding hydrogens is 250 g/mol. The highest BCUT2D eigenvalue weighted by molar-refractivity contribution is 5.79. The van der Waals surface area contributed by atoms with Crippen LogP contribution in [0.1, 0.15) is 37.8 Å². The van der Waals surface area contributed by atoms with E-state index in [-0.39, 0.29) is 17.9 Å². The van der Waals surface area contributed by atoms with E-state index in [1.54, 1.807) is 6.20 Å². The molecule has 110 valence electrons. The Bertz CT molecular complexity index is 421. The van der Waals surface area contributed by atoms with E-state index < -0.39 is 0 Å². The SMILES string of the molecule is CN(CCc1ccccn1)C(=O)C1CCCCCC1N. The highest BCUT2D eigenvalue weighted by Gasteiger charge is 2.28. The number of hydrogen-bond donors (Lipinski definition) is 1. The minimum absolute atomic E-state index is 0.00577. The van der Waals surface area contributed by atoms with Crippen molar-refractivity contribution in [3.8, 4) is 0 Å². The minimum Gasteiger partial charge on any atom is -0.345 e. The van der Waals surface area contributed by atoms with Gasteiger partial charge in [0.15, 0.2) is 0 Å². The maximum Gasteiger partial charge on any atom is 0.226 e. The van der Waals surface area contributed by atoms with Crippen LogP contribution in [-0.2, 0) is 11.2 Å². The number of nitrogens with zero attached hydrogens (tertiary/aromatic N) is 2. The summed E-state index contributed by atoms with van der Waals surface area (Å²) in [6.45, 7) is 0.707. The highest BCUT2D eigenvalue weighted by atomic mass is 16.2. The van der Waals surface area contributed by atoms with Crippen LogP contribution in [0.25, 0.3) is 0 Å². The van der Waals surface area contributed by atoms with Gasteiger partial charge >= 0.3 is 0 Å². The lowest BCUT2D eigenvalue weighted by Crippen LogP contribution is -2.42. The van der Waals surface area contributed by atoms with Crippen molar-refractivity contribution in [3.63, 3.8) is 0 Å². The molecule has 0 saturated heterocycles. The summed E-state index contributed by atoms with van der Waals surface area (Å²) in [7, 11) is 1.88. The first-order valence-electron chi connectivity index (χ1n) is 7.59. The Morgan fingerprint density at radius 1 is 1.35 bits per heavy atom. The van der Waals surface area contributed by atoms with Gasteiger partial charge in [0.2, 0.25) is 5.91 Å². The molecule has 1 aromatic rings. The third-order valence-corrected chi connectivity index (χ3v) is 4.19. The molecule has 0 bridgehead atoms. The number of nitrogens with two attached hydrogens (primary N) is 1. The van der Waals surface area contributed by atoms with Gasteiger partial charge in [0.25, 0.3) is 0 Å². The lowest BCUT2D eigenvalue weighted by Gasteiger charge is -2.26. The quantitative estimate of drug-likeness (QED) is 0.855. The Morgan fingerprint density at radius 3 is 2.90 bits per heavy atom. The van der Waals surface area contributed by atoms with Gasteiger partial charge in [-0.15, -0.1) is 0 Å². The van der Waals surface area contributed by atoms with Gasteiger partial charge in [0.05, 0.1) is 5.92 Å². The molecule has 2 rings (SSSR count). The van der Waals surface area contributed by atoms with Crippen LogP contribution >= 0.6 is 0 Å². The van der Waals surface area contributed by atoms with E-state index in [0.29, 0.717) is 6.54 Å². The third-order valence-electron chi connectivity index (χ3n) is 4.19. The molecule has 0 spiro atoms. The van der Waals surface area contributed by atoms with E-state index in [0.717, 1.165) is 37.8 Å². The molecule has 1 amide bonds. The molecule has 0 aromatic carbocycles. The molecule has 20 heavy (non-hydrogen) atoms. The Morgan fingerprint density at radius 2 is 2.15 bits per heavy atom. The van der Waals surface area contributed by atoms with Gasteiger partial charge in [-0.1, -0.05) is 25.3 Å². The van der Waals surface area contributed by atoms with Gasteiger partial charge in [0, 0.05) is 37.9 Å². The van der Waals surface area contributed by atoms with E-state index in [1.165, 1.54) is 6.42 Å². The molecule has 2 unspecified atom stereocenters. The first kappa shape index (κ1) is 15.0. The monoisotopic (exact) mass is 275 g/mol. The van der Waals surface area contributed by atoms with Gasteiger partial charge in [-0.05, 0) is 25.0 Å². The summed E-state index contributed by atoms with van der Waals surface area (Å²) in [4.78, 5) is 18.6. The average Bonchev–Trinajstić information content (AvgIpc) is 2.69. The fourth-order valence-corrected chi connectivity index (χ4v) is 2.86. The zero-order chi connectivity index (χ0) is 14.4. The van der Waals surface area contributed by atoms with Crippen molar-refractivity contribution in [1.29, 1.82) is 0 Å². The first-order chi connectivity index (χ1) is 9.68. The predicted octanol–water partition coefficient (Wildman–Crippen LogP) is 1.99. The van der Waals surface area contributed by atoms with E-state index in [9.17, 15) is 4.79 Å². The lowest BCUT2D eigenvalue weighted by molar-refractivity contribution is -0.135. The maximum absolute atomic E-state index is 12.5. The van der Waals surface area contributed by atoms with Crippen molar-refractivity contribution < 1.29 is 4.79 Å². The smallest absolute Gasteiger partial charge is 0.226 e. The fourth-order valence-electron chi connectivity index (χ4n) is 2.86. The number of amides is 1. The van der Waals surface area contributed by atoms with Gasteiger partial charge in [-0.25, -0.2) is 0 Å². The molecule has 1 aromatic heterocycles. The Hall–Kier alpha value is -1.42. The molecule has 2 atom stereocenters. The predicted molar refractivity (Wildman–Crippen MR) is 80.1 cm³/mol. The van der Waals surface area contributed by atoms with Gasteiger partial charge < -0.3 is 10.6 Å². The van der Waals surface area contributed by atoms with Crippen LogP contribution < -0.4 is 5.73 Å². The lowest BCUT2D eigenvalue weighted by atomic mass is 9.94. The second kappa shape index (κ2) is 7.39. The summed E-state index contributed by atoms with van der Waals surface area (Å²) >= 11 is 0. The van der Waals surface area contributed by atoms with Crippen molar-refractivity contribution in [2.24, 2.45) is 11.7 Å². The van der Waals surface area contributed by atoms with Gasteiger partial charge in [0.1, 0.15) is 0 Å². The number of hydrogen-bond acceptors (Lipinski definition) is 3. The number of pyridine rings is 1. The Labute approximate surface area is 121 Å². The van der Waals surface area contributed by atoms with Crippen molar-refractivity contribution in [2.45, 2.75) is 44.6 Å². The molecule has 1 heterocycles. The summed E-state index contributed by atoms with van der Waals surface area (Å²) in [5.41, 5.74) is 7.19. The highest BCUT2D eigenvalue weighted by Crippen LogP contribution is 2.23.